The molecule has 0 unspecified atom stereocenters. The van der Waals surface area contributed by atoms with Gasteiger partial charge in [-0.25, -0.2) is 0 Å². The first-order valence-corrected chi connectivity index (χ1v) is 7.95. The lowest BCUT2D eigenvalue weighted by Crippen LogP contribution is -2.10. The summed E-state index contributed by atoms with van der Waals surface area (Å²) in [5.41, 5.74) is 3.19. The summed E-state index contributed by atoms with van der Waals surface area (Å²) in [6, 6.07) is 13.8. The average Bonchev–Trinajstić information content (AvgIpc) is 2.85. The SMILES string of the molecule is CCCCCCn1c(C)ccc1CC(=O)c1ccccc1. The van der Waals surface area contributed by atoms with Crippen molar-refractivity contribution in [3.05, 3.63) is 59.4 Å². The zero-order valence-electron chi connectivity index (χ0n) is 13.1. The van der Waals surface area contributed by atoms with E-state index in [9.17, 15) is 4.79 Å². The van der Waals surface area contributed by atoms with Crippen molar-refractivity contribution in [2.75, 3.05) is 0 Å². The normalized spacial score (nSPS) is 10.8. The molecule has 0 saturated carbocycles. The van der Waals surface area contributed by atoms with Gasteiger partial charge in [-0.15, -0.1) is 0 Å². The van der Waals surface area contributed by atoms with Crippen LogP contribution in [0.4, 0.5) is 0 Å². The summed E-state index contributed by atoms with van der Waals surface area (Å²) in [6.45, 7) is 5.37. The molecule has 0 bridgehead atoms. The predicted molar refractivity (Wildman–Crippen MR) is 87.8 cm³/mol. The number of rotatable bonds is 8. The van der Waals surface area contributed by atoms with E-state index in [1.807, 2.05) is 30.3 Å². The minimum Gasteiger partial charge on any atom is -0.348 e. The van der Waals surface area contributed by atoms with Gasteiger partial charge >= 0.3 is 0 Å². The predicted octanol–water partition coefficient (Wildman–Crippen LogP) is 4.80. The molecule has 0 N–H and O–H groups in total. The zero-order valence-corrected chi connectivity index (χ0v) is 13.1. The van der Waals surface area contributed by atoms with Gasteiger partial charge in [0.25, 0.3) is 0 Å². The molecule has 2 rings (SSSR count). The number of aromatic nitrogens is 1. The number of unbranched alkanes of at least 4 members (excludes halogenated alkanes) is 3. The summed E-state index contributed by atoms with van der Waals surface area (Å²) >= 11 is 0. The Morgan fingerprint density at radius 3 is 2.48 bits per heavy atom. The van der Waals surface area contributed by atoms with E-state index >= 15 is 0 Å². The van der Waals surface area contributed by atoms with Crippen molar-refractivity contribution in [1.29, 1.82) is 0 Å². The molecule has 0 radical (unpaired) electrons. The first-order valence-electron chi connectivity index (χ1n) is 7.95. The second kappa shape index (κ2) is 7.82. The molecule has 1 aromatic heterocycles. The zero-order chi connectivity index (χ0) is 15.1. The Bertz CT molecular complexity index is 569. The molecule has 112 valence electrons. The molecule has 2 aromatic rings. The van der Waals surface area contributed by atoms with Crippen LogP contribution in [0.25, 0.3) is 0 Å². The van der Waals surface area contributed by atoms with E-state index < -0.39 is 0 Å². The second-order valence-corrected chi connectivity index (χ2v) is 5.64. The maximum absolute atomic E-state index is 12.3. The van der Waals surface area contributed by atoms with Gasteiger partial charge in [0.2, 0.25) is 0 Å². The second-order valence-electron chi connectivity index (χ2n) is 5.64. The van der Waals surface area contributed by atoms with Gasteiger partial charge < -0.3 is 4.57 Å². The first kappa shape index (κ1) is 15.6. The van der Waals surface area contributed by atoms with Crippen molar-refractivity contribution in [3.8, 4) is 0 Å². The van der Waals surface area contributed by atoms with Gasteiger partial charge in [0.15, 0.2) is 5.78 Å². The Morgan fingerprint density at radius 1 is 1.00 bits per heavy atom. The molecule has 0 spiro atoms. The average molecular weight is 283 g/mol. The molecule has 0 saturated heterocycles. The van der Waals surface area contributed by atoms with Crippen molar-refractivity contribution in [2.24, 2.45) is 0 Å². The minimum absolute atomic E-state index is 0.198. The van der Waals surface area contributed by atoms with E-state index in [-0.39, 0.29) is 5.78 Å². The molecule has 2 nitrogen and oxygen atoms in total. The fraction of sp³-hybridized carbons (Fsp3) is 0.421. The molecular formula is C19H25NO. The highest BCUT2D eigenvalue weighted by Gasteiger charge is 2.11. The van der Waals surface area contributed by atoms with Crippen molar-refractivity contribution in [3.63, 3.8) is 0 Å². The van der Waals surface area contributed by atoms with Gasteiger partial charge in [0.05, 0.1) is 6.42 Å². The highest BCUT2D eigenvalue weighted by atomic mass is 16.1. The summed E-state index contributed by atoms with van der Waals surface area (Å²) in [6.07, 6.45) is 5.49. The van der Waals surface area contributed by atoms with Crippen molar-refractivity contribution >= 4 is 5.78 Å². The van der Waals surface area contributed by atoms with Crippen LogP contribution >= 0.6 is 0 Å². The van der Waals surface area contributed by atoms with Crippen LogP contribution in [0.2, 0.25) is 0 Å². The van der Waals surface area contributed by atoms with Crippen molar-refractivity contribution in [2.45, 2.75) is 52.5 Å². The molecule has 1 aromatic carbocycles. The summed E-state index contributed by atoms with van der Waals surface area (Å²) in [5.74, 6) is 0.198. The van der Waals surface area contributed by atoms with Gasteiger partial charge in [0.1, 0.15) is 0 Å². The van der Waals surface area contributed by atoms with Crippen LogP contribution in [0.5, 0.6) is 0 Å². The fourth-order valence-corrected chi connectivity index (χ4v) is 2.68. The number of aryl methyl sites for hydroxylation is 1. The Hall–Kier alpha value is -1.83. The third kappa shape index (κ3) is 4.32. The van der Waals surface area contributed by atoms with E-state index in [0.717, 1.165) is 17.8 Å². The lowest BCUT2D eigenvalue weighted by Gasteiger charge is -2.11. The van der Waals surface area contributed by atoms with E-state index in [1.165, 1.54) is 31.4 Å². The number of hydrogen-bond acceptors (Lipinski definition) is 1. The van der Waals surface area contributed by atoms with E-state index in [4.69, 9.17) is 0 Å². The number of hydrogen-bond donors (Lipinski definition) is 0. The molecule has 0 aliphatic heterocycles. The number of benzene rings is 1. The van der Waals surface area contributed by atoms with E-state index in [0.29, 0.717) is 6.42 Å². The highest BCUT2D eigenvalue weighted by molar-refractivity contribution is 5.97. The van der Waals surface area contributed by atoms with Crippen LogP contribution in [-0.2, 0) is 13.0 Å². The van der Waals surface area contributed by atoms with Crippen LogP contribution in [0.1, 0.15) is 54.4 Å². The molecule has 0 fully saturated rings. The molecule has 0 atom stereocenters. The maximum Gasteiger partial charge on any atom is 0.168 e. The number of ketones is 1. The van der Waals surface area contributed by atoms with Gasteiger partial charge in [-0.2, -0.15) is 0 Å². The van der Waals surface area contributed by atoms with Crippen LogP contribution in [0, 0.1) is 6.92 Å². The Labute approximate surface area is 127 Å². The standard InChI is InChI=1S/C19H25NO/c1-3-4-5-9-14-20-16(2)12-13-18(20)15-19(21)17-10-7-6-8-11-17/h6-8,10-13H,3-5,9,14-15H2,1-2H3. The molecule has 0 aliphatic rings. The van der Waals surface area contributed by atoms with Gasteiger partial charge in [-0.3, -0.25) is 4.79 Å². The van der Waals surface area contributed by atoms with Crippen molar-refractivity contribution < 1.29 is 4.79 Å². The summed E-state index contributed by atoms with van der Waals surface area (Å²) < 4.78 is 2.30. The van der Waals surface area contributed by atoms with Gasteiger partial charge in [-0.1, -0.05) is 56.5 Å². The fourth-order valence-electron chi connectivity index (χ4n) is 2.68. The monoisotopic (exact) mass is 283 g/mol. The molecular weight excluding hydrogens is 258 g/mol. The summed E-state index contributed by atoms with van der Waals surface area (Å²) in [5, 5.41) is 0. The van der Waals surface area contributed by atoms with E-state index in [1.54, 1.807) is 0 Å². The van der Waals surface area contributed by atoms with Crippen molar-refractivity contribution in [1.82, 2.24) is 4.57 Å². The number of Topliss-reactive ketones (excluding diaryl/α,β-unsaturated/α-hetero) is 1. The molecule has 2 heteroatoms. The number of carbonyl (C=O) groups excluding carboxylic acids is 1. The lowest BCUT2D eigenvalue weighted by atomic mass is 10.1. The number of nitrogens with zero attached hydrogens (tertiary/aromatic N) is 1. The Morgan fingerprint density at radius 2 is 1.76 bits per heavy atom. The largest absolute Gasteiger partial charge is 0.348 e. The Kier molecular flexibility index (Phi) is 5.79. The first-order chi connectivity index (χ1) is 10.2. The molecule has 21 heavy (non-hydrogen) atoms. The van der Waals surface area contributed by atoms with Crippen LogP contribution in [0.3, 0.4) is 0 Å². The molecule has 1 heterocycles. The summed E-state index contributed by atoms with van der Waals surface area (Å²) in [4.78, 5) is 12.3. The maximum atomic E-state index is 12.3. The Balaban J connectivity index is 2.01. The van der Waals surface area contributed by atoms with Crippen LogP contribution in [0.15, 0.2) is 42.5 Å². The summed E-state index contributed by atoms with van der Waals surface area (Å²) in [7, 11) is 0. The third-order valence-corrected chi connectivity index (χ3v) is 3.96. The lowest BCUT2D eigenvalue weighted by molar-refractivity contribution is 0.0991. The third-order valence-electron chi connectivity index (χ3n) is 3.96. The molecule has 0 amide bonds. The van der Waals surface area contributed by atoms with Gasteiger partial charge in [0, 0.05) is 23.5 Å². The van der Waals surface area contributed by atoms with Crippen LogP contribution < -0.4 is 0 Å². The smallest absolute Gasteiger partial charge is 0.168 e. The van der Waals surface area contributed by atoms with E-state index in [2.05, 4.69) is 30.5 Å². The topological polar surface area (TPSA) is 22.0 Å². The molecule has 0 aliphatic carbocycles. The van der Waals surface area contributed by atoms with Crippen LogP contribution in [-0.4, -0.2) is 10.4 Å². The quantitative estimate of drug-likeness (QED) is 0.503. The van der Waals surface area contributed by atoms with Gasteiger partial charge in [-0.05, 0) is 25.5 Å². The number of carbonyl (C=O) groups is 1. The highest BCUT2D eigenvalue weighted by Crippen LogP contribution is 2.14. The minimum atomic E-state index is 0.198.